The minimum Gasteiger partial charge on any atom is -0.468 e. The van der Waals surface area contributed by atoms with E-state index >= 15 is 0 Å². The van der Waals surface area contributed by atoms with Crippen molar-refractivity contribution in [2.24, 2.45) is 0 Å². The smallest absolute Gasteiger partial charge is 0.253 e. The van der Waals surface area contributed by atoms with Crippen LogP contribution in [-0.2, 0) is 23.1 Å². The number of pyridine rings is 1. The van der Waals surface area contributed by atoms with E-state index in [2.05, 4.69) is 20.9 Å². The third kappa shape index (κ3) is 3.89. The van der Waals surface area contributed by atoms with Crippen LogP contribution >= 0.6 is 27.3 Å². The van der Waals surface area contributed by atoms with E-state index < -0.39 is 10.0 Å². The fraction of sp³-hybridized carbons (Fsp3) is 0.133. The lowest BCUT2D eigenvalue weighted by molar-refractivity contribution is 0.359. The third-order valence-electron chi connectivity index (χ3n) is 3.14. The molecule has 0 radical (unpaired) electrons. The van der Waals surface area contributed by atoms with Crippen molar-refractivity contribution in [2.45, 2.75) is 17.3 Å². The standard InChI is InChI=1S/C15H13BrN2O3S2/c16-14-5-6-15(22-14)23(19,20)18(11-13-4-2-8-21-13)10-12-3-1-7-17-9-12/h1-9H,10-11H2. The first-order chi connectivity index (χ1) is 11.1. The fourth-order valence-corrected chi connectivity index (χ4v) is 5.62. The third-order valence-corrected chi connectivity index (χ3v) is 7.02. The molecule has 3 rings (SSSR count). The number of halogens is 1. The van der Waals surface area contributed by atoms with Crippen LogP contribution in [0.2, 0.25) is 0 Å². The number of aromatic nitrogens is 1. The van der Waals surface area contributed by atoms with E-state index in [1.807, 2.05) is 6.07 Å². The molecule has 5 nitrogen and oxygen atoms in total. The zero-order valence-electron chi connectivity index (χ0n) is 11.9. The van der Waals surface area contributed by atoms with Gasteiger partial charge in [0.25, 0.3) is 10.0 Å². The molecule has 0 unspecified atom stereocenters. The van der Waals surface area contributed by atoms with Crippen molar-refractivity contribution in [3.05, 3.63) is 70.2 Å². The fourth-order valence-electron chi connectivity index (χ4n) is 2.06. The lowest BCUT2D eigenvalue weighted by atomic mass is 10.3. The Hall–Kier alpha value is -1.48. The molecule has 3 aromatic rings. The summed E-state index contributed by atoms with van der Waals surface area (Å²) in [5.74, 6) is 0.591. The van der Waals surface area contributed by atoms with Gasteiger partial charge in [0.2, 0.25) is 0 Å². The maximum absolute atomic E-state index is 12.9. The molecule has 0 spiro atoms. The molecule has 3 heterocycles. The number of rotatable bonds is 6. The summed E-state index contributed by atoms with van der Waals surface area (Å²) < 4.78 is 33.6. The molecular formula is C15H13BrN2O3S2. The second-order valence-corrected chi connectivity index (χ2v) is 9.40. The van der Waals surface area contributed by atoms with Crippen LogP contribution in [0, 0.1) is 0 Å². The van der Waals surface area contributed by atoms with Gasteiger partial charge in [-0.15, -0.1) is 11.3 Å². The van der Waals surface area contributed by atoms with Gasteiger partial charge in [-0.3, -0.25) is 4.98 Å². The van der Waals surface area contributed by atoms with E-state index in [9.17, 15) is 8.42 Å². The Bertz CT molecular complexity index is 861. The van der Waals surface area contributed by atoms with E-state index in [4.69, 9.17) is 4.42 Å². The molecule has 120 valence electrons. The summed E-state index contributed by atoms with van der Waals surface area (Å²) in [6.45, 7) is 0.395. The maximum Gasteiger partial charge on any atom is 0.253 e. The molecule has 0 aliphatic heterocycles. The van der Waals surface area contributed by atoms with Crippen LogP contribution < -0.4 is 0 Å². The Kier molecular flexibility index (Phi) is 4.96. The summed E-state index contributed by atoms with van der Waals surface area (Å²) in [4.78, 5) is 4.04. The summed E-state index contributed by atoms with van der Waals surface area (Å²) in [5.41, 5.74) is 0.818. The summed E-state index contributed by atoms with van der Waals surface area (Å²) in [7, 11) is -3.62. The van der Waals surface area contributed by atoms with Crippen molar-refractivity contribution in [1.29, 1.82) is 0 Å². The Morgan fingerprint density at radius 2 is 2.04 bits per heavy atom. The average molecular weight is 413 g/mol. The molecule has 23 heavy (non-hydrogen) atoms. The topological polar surface area (TPSA) is 63.4 Å². The van der Waals surface area contributed by atoms with Gasteiger partial charge >= 0.3 is 0 Å². The van der Waals surface area contributed by atoms with Gasteiger partial charge in [0.1, 0.15) is 9.97 Å². The first-order valence-electron chi connectivity index (χ1n) is 6.72. The summed E-state index contributed by atoms with van der Waals surface area (Å²) in [6.07, 6.45) is 4.85. The van der Waals surface area contributed by atoms with Gasteiger partial charge in [-0.05, 0) is 51.8 Å². The maximum atomic E-state index is 12.9. The van der Waals surface area contributed by atoms with Gasteiger partial charge in [0.05, 0.1) is 16.6 Å². The van der Waals surface area contributed by atoms with Crippen LogP contribution in [0.5, 0.6) is 0 Å². The molecule has 0 N–H and O–H groups in total. The van der Waals surface area contributed by atoms with Gasteiger partial charge in [0, 0.05) is 18.9 Å². The summed E-state index contributed by atoms with van der Waals surface area (Å²) in [6, 6.07) is 10.5. The second-order valence-electron chi connectivity index (χ2n) is 4.77. The highest BCUT2D eigenvalue weighted by Gasteiger charge is 2.27. The molecule has 0 bridgehead atoms. The molecular weight excluding hydrogens is 400 g/mol. The van der Waals surface area contributed by atoms with E-state index in [0.29, 0.717) is 9.97 Å². The molecule has 0 saturated heterocycles. The number of nitrogens with zero attached hydrogens (tertiary/aromatic N) is 2. The molecule has 0 aliphatic carbocycles. The van der Waals surface area contributed by atoms with Crippen LogP contribution in [0.1, 0.15) is 11.3 Å². The van der Waals surface area contributed by atoms with Crippen LogP contribution in [0.3, 0.4) is 0 Å². The van der Waals surface area contributed by atoms with Crippen molar-refractivity contribution >= 4 is 37.3 Å². The lowest BCUT2D eigenvalue weighted by Crippen LogP contribution is -2.29. The second kappa shape index (κ2) is 6.96. The first-order valence-corrected chi connectivity index (χ1v) is 9.77. The van der Waals surface area contributed by atoms with Crippen LogP contribution in [0.15, 0.2) is 67.5 Å². The molecule has 0 aliphatic rings. The van der Waals surface area contributed by atoms with Crippen molar-refractivity contribution in [2.75, 3.05) is 0 Å². The normalized spacial score (nSPS) is 11.9. The highest BCUT2D eigenvalue weighted by Crippen LogP contribution is 2.30. The first kappa shape index (κ1) is 16.4. The number of hydrogen-bond donors (Lipinski definition) is 0. The van der Waals surface area contributed by atoms with Crippen molar-refractivity contribution < 1.29 is 12.8 Å². The number of hydrogen-bond acceptors (Lipinski definition) is 5. The summed E-state index contributed by atoms with van der Waals surface area (Å²) >= 11 is 4.50. The quantitative estimate of drug-likeness (QED) is 0.615. The Morgan fingerprint density at radius 1 is 1.17 bits per heavy atom. The van der Waals surface area contributed by atoms with E-state index in [1.165, 1.54) is 21.9 Å². The van der Waals surface area contributed by atoms with Crippen molar-refractivity contribution in [1.82, 2.24) is 9.29 Å². The van der Waals surface area contributed by atoms with Gasteiger partial charge < -0.3 is 4.42 Å². The monoisotopic (exact) mass is 412 g/mol. The Balaban J connectivity index is 1.93. The molecule has 0 saturated carbocycles. The predicted molar refractivity (Wildman–Crippen MR) is 91.4 cm³/mol. The van der Waals surface area contributed by atoms with Crippen LogP contribution in [-0.4, -0.2) is 17.7 Å². The average Bonchev–Trinajstić information content (AvgIpc) is 3.19. The van der Waals surface area contributed by atoms with Gasteiger partial charge in [-0.1, -0.05) is 6.07 Å². The van der Waals surface area contributed by atoms with Gasteiger partial charge in [-0.25, -0.2) is 8.42 Å². The van der Waals surface area contributed by atoms with Crippen LogP contribution in [0.4, 0.5) is 0 Å². The minimum absolute atomic E-state index is 0.166. The van der Waals surface area contributed by atoms with E-state index in [-0.39, 0.29) is 13.1 Å². The SMILES string of the molecule is O=S(=O)(c1ccc(Br)s1)N(Cc1cccnc1)Cc1ccco1. The molecule has 0 aromatic carbocycles. The van der Waals surface area contributed by atoms with E-state index in [0.717, 1.165) is 9.35 Å². The van der Waals surface area contributed by atoms with E-state index in [1.54, 1.807) is 42.7 Å². The minimum atomic E-state index is -3.62. The number of furan rings is 1. The van der Waals surface area contributed by atoms with Gasteiger partial charge in [0.15, 0.2) is 0 Å². The summed E-state index contributed by atoms with van der Waals surface area (Å²) in [5, 5.41) is 0. The zero-order chi connectivity index (χ0) is 16.3. The number of thiophene rings is 1. The largest absolute Gasteiger partial charge is 0.468 e. The highest BCUT2D eigenvalue weighted by molar-refractivity contribution is 9.11. The highest BCUT2D eigenvalue weighted by atomic mass is 79.9. The van der Waals surface area contributed by atoms with Gasteiger partial charge in [-0.2, -0.15) is 4.31 Å². The van der Waals surface area contributed by atoms with Crippen molar-refractivity contribution in [3.63, 3.8) is 0 Å². The molecule has 0 fully saturated rings. The zero-order valence-corrected chi connectivity index (χ0v) is 15.1. The molecule has 3 aromatic heterocycles. The molecule has 0 amide bonds. The Morgan fingerprint density at radius 3 is 2.65 bits per heavy atom. The molecule has 8 heteroatoms. The van der Waals surface area contributed by atoms with Crippen LogP contribution in [0.25, 0.3) is 0 Å². The number of sulfonamides is 1. The van der Waals surface area contributed by atoms with Crippen molar-refractivity contribution in [3.8, 4) is 0 Å². The predicted octanol–water partition coefficient (Wildman–Crippen LogP) is 3.89. The Labute approximate surface area is 146 Å². The lowest BCUT2D eigenvalue weighted by Gasteiger charge is -2.20. The molecule has 0 atom stereocenters.